The molecule has 3 rings (SSSR count). The van der Waals surface area contributed by atoms with Gasteiger partial charge in [-0.2, -0.15) is 11.8 Å². The van der Waals surface area contributed by atoms with Crippen molar-refractivity contribution in [3.8, 4) is 11.5 Å². The van der Waals surface area contributed by atoms with Gasteiger partial charge in [-0.1, -0.05) is 0 Å². The van der Waals surface area contributed by atoms with Crippen molar-refractivity contribution in [1.29, 1.82) is 0 Å². The summed E-state index contributed by atoms with van der Waals surface area (Å²) in [7, 11) is 2.93. The Morgan fingerprint density at radius 3 is 2.46 bits per heavy atom. The number of ether oxygens (including phenoxy) is 2. The lowest BCUT2D eigenvalue weighted by molar-refractivity contribution is -0.143. The Labute approximate surface area is 219 Å². The Balaban J connectivity index is 1.67. The molecule has 1 aliphatic rings. The zero-order valence-corrected chi connectivity index (χ0v) is 22.4. The molecule has 1 aromatic carbocycles. The Morgan fingerprint density at radius 2 is 1.86 bits per heavy atom. The molecule has 0 saturated heterocycles. The average molecular weight is 535 g/mol. The van der Waals surface area contributed by atoms with Crippen LogP contribution in [0.2, 0.25) is 0 Å². The number of carbonyl (C=O) groups is 3. The van der Waals surface area contributed by atoms with Crippen LogP contribution in [0.3, 0.4) is 0 Å². The summed E-state index contributed by atoms with van der Waals surface area (Å²) < 4.78 is 16.1. The van der Waals surface area contributed by atoms with Gasteiger partial charge in [-0.15, -0.1) is 0 Å². The summed E-state index contributed by atoms with van der Waals surface area (Å²) in [6, 6.07) is 2.67. The lowest BCUT2D eigenvalue weighted by atomic mass is 9.82. The molecule has 11 heteroatoms. The first kappa shape index (κ1) is 28.4. The van der Waals surface area contributed by atoms with Crippen molar-refractivity contribution in [2.24, 2.45) is 11.8 Å². The number of carboxylic acids is 1. The minimum atomic E-state index is -0.769. The molecule has 202 valence electrons. The summed E-state index contributed by atoms with van der Waals surface area (Å²) in [6.45, 7) is 2.17. The summed E-state index contributed by atoms with van der Waals surface area (Å²) >= 11 is 1.42. The maximum atomic E-state index is 12.9. The predicted molar refractivity (Wildman–Crippen MR) is 140 cm³/mol. The van der Waals surface area contributed by atoms with Gasteiger partial charge < -0.3 is 29.6 Å². The van der Waals surface area contributed by atoms with Crippen LogP contribution in [0.5, 0.6) is 11.5 Å². The molecule has 1 heterocycles. The fraction of sp³-hybridized carbons (Fsp3) is 0.538. The number of nitrogens with one attached hydrogen (secondary N) is 2. The van der Waals surface area contributed by atoms with Gasteiger partial charge in [-0.3, -0.25) is 14.4 Å². The quantitative estimate of drug-likeness (QED) is 0.370. The first-order valence-electron chi connectivity index (χ1n) is 12.2. The van der Waals surface area contributed by atoms with Gasteiger partial charge in [0.05, 0.1) is 32.1 Å². The van der Waals surface area contributed by atoms with E-state index in [0.717, 1.165) is 12.8 Å². The predicted octanol–water partition coefficient (Wildman–Crippen LogP) is 2.52. The van der Waals surface area contributed by atoms with E-state index in [1.165, 1.54) is 26.0 Å². The molecule has 10 nitrogen and oxygen atoms in total. The number of rotatable bonds is 11. The van der Waals surface area contributed by atoms with Gasteiger partial charge >= 0.3 is 11.6 Å². The minimum absolute atomic E-state index is 0.204. The number of methoxy groups -OCH3 is 2. The fourth-order valence-electron chi connectivity index (χ4n) is 4.71. The van der Waals surface area contributed by atoms with Crippen LogP contribution in [-0.2, 0) is 20.8 Å². The van der Waals surface area contributed by atoms with E-state index in [9.17, 15) is 19.2 Å². The van der Waals surface area contributed by atoms with Crippen molar-refractivity contribution in [2.45, 2.75) is 45.1 Å². The van der Waals surface area contributed by atoms with Crippen LogP contribution in [0.25, 0.3) is 11.0 Å². The Bertz CT molecular complexity index is 1200. The monoisotopic (exact) mass is 534 g/mol. The van der Waals surface area contributed by atoms with E-state index in [0.29, 0.717) is 47.6 Å². The highest BCUT2D eigenvalue weighted by atomic mass is 32.2. The summed E-state index contributed by atoms with van der Waals surface area (Å²) in [5, 5.41) is 15.4. The van der Waals surface area contributed by atoms with Crippen LogP contribution in [0.4, 0.5) is 0 Å². The molecule has 1 fully saturated rings. The van der Waals surface area contributed by atoms with Gasteiger partial charge in [0.15, 0.2) is 11.3 Å². The molecule has 0 bridgehead atoms. The van der Waals surface area contributed by atoms with E-state index < -0.39 is 23.5 Å². The van der Waals surface area contributed by atoms with Crippen LogP contribution in [0.1, 0.15) is 36.8 Å². The second kappa shape index (κ2) is 12.8. The zero-order chi connectivity index (χ0) is 27.1. The fourth-order valence-corrected chi connectivity index (χ4v) is 5.28. The molecule has 1 aromatic heterocycles. The number of aliphatic carboxylic acids is 1. The SMILES string of the molecule is COc1ccc2c(C)c(CC(=O)N[C@@H](CSC)C(=O)NCC3CCC(C(=O)O)CC3)c(=O)oc2c1OC. The third-order valence-corrected chi connectivity index (χ3v) is 7.55. The number of hydrogen-bond acceptors (Lipinski definition) is 8. The van der Waals surface area contributed by atoms with E-state index in [1.54, 1.807) is 19.1 Å². The van der Waals surface area contributed by atoms with Gasteiger partial charge in [0.1, 0.15) is 6.04 Å². The number of thioether (sulfide) groups is 1. The van der Waals surface area contributed by atoms with Crippen molar-refractivity contribution in [3.63, 3.8) is 0 Å². The number of benzene rings is 1. The van der Waals surface area contributed by atoms with E-state index in [1.807, 2.05) is 6.26 Å². The number of aryl methyl sites for hydroxylation is 1. The summed E-state index contributed by atoms with van der Waals surface area (Å²) in [5.41, 5.74) is 0.376. The maximum absolute atomic E-state index is 12.9. The highest BCUT2D eigenvalue weighted by Gasteiger charge is 2.28. The van der Waals surface area contributed by atoms with Crippen molar-refractivity contribution in [2.75, 3.05) is 32.8 Å². The molecule has 0 spiro atoms. The normalized spacial score (nSPS) is 18.2. The molecule has 0 radical (unpaired) electrons. The molecule has 3 N–H and O–H groups in total. The van der Waals surface area contributed by atoms with Gasteiger partial charge in [0.25, 0.3) is 0 Å². The Morgan fingerprint density at radius 1 is 1.16 bits per heavy atom. The highest BCUT2D eigenvalue weighted by molar-refractivity contribution is 7.98. The molecule has 37 heavy (non-hydrogen) atoms. The third kappa shape index (κ3) is 6.76. The van der Waals surface area contributed by atoms with E-state index in [4.69, 9.17) is 19.0 Å². The van der Waals surface area contributed by atoms with Crippen molar-refractivity contribution in [3.05, 3.63) is 33.7 Å². The summed E-state index contributed by atoms with van der Waals surface area (Å²) in [4.78, 5) is 49.6. The molecule has 0 unspecified atom stereocenters. The topological polar surface area (TPSA) is 144 Å². The van der Waals surface area contributed by atoms with Crippen LogP contribution in [-0.4, -0.2) is 61.7 Å². The molecule has 0 aliphatic heterocycles. The van der Waals surface area contributed by atoms with Crippen LogP contribution in [0, 0.1) is 18.8 Å². The number of amides is 2. The van der Waals surface area contributed by atoms with Crippen LogP contribution < -0.4 is 25.7 Å². The van der Waals surface area contributed by atoms with E-state index >= 15 is 0 Å². The van der Waals surface area contributed by atoms with Gasteiger partial charge in [0, 0.05) is 17.7 Å². The number of hydrogen-bond donors (Lipinski definition) is 3. The van der Waals surface area contributed by atoms with Crippen molar-refractivity contribution in [1.82, 2.24) is 10.6 Å². The smallest absolute Gasteiger partial charge is 0.340 e. The average Bonchev–Trinajstić information content (AvgIpc) is 2.88. The standard InChI is InChI=1S/C26H34N2O8S/c1-14-17-9-10-20(34-2)23(35-3)22(17)36-26(33)18(14)11-21(29)28-19(13-37-4)24(30)27-12-15-5-7-16(8-6-15)25(31)32/h9-10,15-16,19H,5-8,11-13H2,1-4H3,(H,27,30)(H,28,29)(H,31,32)/t15?,16?,19-/m0/s1. The second-order valence-corrected chi connectivity index (χ2v) is 10.1. The second-order valence-electron chi connectivity index (χ2n) is 9.22. The largest absolute Gasteiger partial charge is 0.493 e. The number of carbonyl (C=O) groups excluding carboxylic acids is 2. The number of fused-ring (bicyclic) bond motifs is 1. The first-order chi connectivity index (χ1) is 17.7. The molecule has 1 atom stereocenters. The number of carboxylic acid groups (broad SMARTS) is 1. The Hall–Kier alpha value is -3.21. The Kier molecular flexibility index (Phi) is 9.85. The molecule has 2 amide bonds. The molecular formula is C26H34N2O8S. The maximum Gasteiger partial charge on any atom is 0.340 e. The van der Waals surface area contributed by atoms with Crippen molar-refractivity contribution < 1.29 is 33.4 Å². The molecule has 1 aliphatic carbocycles. The van der Waals surface area contributed by atoms with Gasteiger partial charge in [-0.25, -0.2) is 4.79 Å². The molecular weight excluding hydrogens is 500 g/mol. The lowest BCUT2D eigenvalue weighted by Gasteiger charge is -2.27. The lowest BCUT2D eigenvalue weighted by Crippen LogP contribution is -2.50. The first-order valence-corrected chi connectivity index (χ1v) is 13.6. The van der Waals surface area contributed by atoms with Crippen LogP contribution in [0.15, 0.2) is 21.3 Å². The highest BCUT2D eigenvalue weighted by Crippen LogP contribution is 2.36. The third-order valence-electron chi connectivity index (χ3n) is 6.88. The van der Waals surface area contributed by atoms with Crippen LogP contribution >= 0.6 is 11.8 Å². The molecule has 2 aromatic rings. The minimum Gasteiger partial charge on any atom is -0.493 e. The zero-order valence-electron chi connectivity index (χ0n) is 21.5. The van der Waals surface area contributed by atoms with E-state index in [2.05, 4.69) is 10.6 Å². The summed E-state index contributed by atoms with van der Waals surface area (Å²) in [5.74, 6) is -0.548. The molecule has 1 saturated carbocycles. The summed E-state index contributed by atoms with van der Waals surface area (Å²) in [6.07, 6.45) is 4.29. The van der Waals surface area contributed by atoms with Gasteiger partial charge in [0.2, 0.25) is 17.6 Å². The van der Waals surface area contributed by atoms with Gasteiger partial charge in [-0.05, 0) is 62.5 Å². The van der Waals surface area contributed by atoms with E-state index in [-0.39, 0.29) is 35.3 Å². The van der Waals surface area contributed by atoms with Crippen molar-refractivity contribution >= 4 is 40.5 Å².